The summed E-state index contributed by atoms with van der Waals surface area (Å²) in [5.74, 6) is 0. The summed E-state index contributed by atoms with van der Waals surface area (Å²) in [6.07, 6.45) is 8.27. The zero-order valence-electron chi connectivity index (χ0n) is 11.4. The van der Waals surface area contributed by atoms with Gasteiger partial charge in [0.05, 0.1) is 19.8 Å². The smallest absolute Gasteiger partial charge is 0.0698 e. The molecular formula is C14H28N2O2. The van der Waals surface area contributed by atoms with Gasteiger partial charge in [0.25, 0.3) is 0 Å². The molecule has 0 spiro atoms. The number of piperidine rings is 1. The lowest BCUT2D eigenvalue weighted by molar-refractivity contribution is 0.0886. The van der Waals surface area contributed by atoms with Crippen LogP contribution in [-0.4, -0.2) is 61.5 Å². The van der Waals surface area contributed by atoms with Crippen LogP contribution in [0, 0.1) is 0 Å². The third-order valence-electron chi connectivity index (χ3n) is 4.29. The second-order valence-electron chi connectivity index (χ2n) is 5.54. The topological polar surface area (TPSA) is 44.7 Å². The van der Waals surface area contributed by atoms with Gasteiger partial charge in [-0.15, -0.1) is 0 Å². The molecule has 1 saturated carbocycles. The van der Waals surface area contributed by atoms with E-state index in [-0.39, 0.29) is 6.61 Å². The molecule has 106 valence electrons. The van der Waals surface area contributed by atoms with Gasteiger partial charge < -0.3 is 20.1 Å². The molecule has 2 fully saturated rings. The zero-order valence-corrected chi connectivity index (χ0v) is 11.4. The number of nitrogens with zero attached hydrogens (tertiary/aromatic N) is 1. The van der Waals surface area contributed by atoms with E-state index in [1.165, 1.54) is 51.6 Å². The maximum Gasteiger partial charge on any atom is 0.0698 e. The molecule has 1 saturated heterocycles. The molecule has 2 N–H and O–H groups in total. The molecule has 4 nitrogen and oxygen atoms in total. The highest BCUT2D eigenvalue weighted by Crippen LogP contribution is 2.25. The standard InChI is InChI=1S/C14H28N2O2/c17-10-12-18-11-7-15-13-5-8-16(9-6-13)14-3-1-2-4-14/h13-15,17H,1-12H2. The van der Waals surface area contributed by atoms with E-state index in [1.807, 2.05) is 0 Å². The Morgan fingerprint density at radius 1 is 1.06 bits per heavy atom. The predicted octanol–water partition coefficient (Wildman–Crippen LogP) is 0.992. The first-order chi connectivity index (χ1) is 8.90. The molecule has 18 heavy (non-hydrogen) atoms. The van der Waals surface area contributed by atoms with E-state index in [9.17, 15) is 0 Å². The van der Waals surface area contributed by atoms with Crippen molar-refractivity contribution in [2.24, 2.45) is 0 Å². The van der Waals surface area contributed by atoms with E-state index in [4.69, 9.17) is 9.84 Å². The SMILES string of the molecule is OCCOCCNC1CCN(C2CCCC2)CC1. The minimum absolute atomic E-state index is 0.125. The second-order valence-corrected chi connectivity index (χ2v) is 5.54. The Kier molecular flexibility index (Phi) is 6.41. The maximum atomic E-state index is 8.60. The van der Waals surface area contributed by atoms with E-state index in [0.29, 0.717) is 19.3 Å². The minimum Gasteiger partial charge on any atom is -0.394 e. The van der Waals surface area contributed by atoms with Crippen LogP contribution in [0.4, 0.5) is 0 Å². The van der Waals surface area contributed by atoms with Crippen molar-refractivity contribution >= 4 is 0 Å². The summed E-state index contributed by atoms with van der Waals surface area (Å²) >= 11 is 0. The van der Waals surface area contributed by atoms with Crippen LogP contribution < -0.4 is 5.32 Å². The molecule has 0 atom stereocenters. The van der Waals surface area contributed by atoms with Crippen molar-refractivity contribution in [1.29, 1.82) is 0 Å². The number of hydrogen-bond donors (Lipinski definition) is 2. The van der Waals surface area contributed by atoms with Gasteiger partial charge >= 0.3 is 0 Å². The van der Waals surface area contributed by atoms with Crippen LogP contribution in [0.3, 0.4) is 0 Å². The summed E-state index contributed by atoms with van der Waals surface area (Å²) in [6, 6.07) is 1.55. The largest absolute Gasteiger partial charge is 0.394 e. The highest BCUT2D eigenvalue weighted by Gasteiger charge is 2.26. The van der Waals surface area contributed by atoms with Gasteiger partial charge in [0, 0.05) is 18.6 Å². The number of aliphatic hydroxyl groups excluding tert-OH is 1. The van der Waals surface area contributed by atoms with Crippen molar-refractivity contribution in [3.8, 4) is 0 Å². The highest BCUT2D eigenvalue weighted by atomic mass is 16.5. The molecule has 2 rings (SSSR count). The van der Waals surface area contributed by atoms with Crippen LogP contribution in [0.15, 0.2) is 0 Å². The van der Waals surface area contributed by atoms with Crippen molar-refractivity contribution in [2.75, 3.05) is 39.5 Å². The quantitative estimate of drug-likeness (QED) is 0.667. The van der Waals surface area contributed by atoms with Crippen molar-refractivity contribution < 1.29 is 9.84 Å². The van der Waals surface area contributed by atoms with E-state index >= 15 is 0 Å². The summed E-state index contributed by atoms with van der Waals surface area (Å²) < 4.78 is 5.25. The van der Waals surface area contributed by atoms with Gasteiger partial charge in [-0.2, -0.15) is 0 Å². The third kappa shape index (κ3) is 4.50. The Labute approximate surface area is 111 Å². The van der Waals surface area contributed by atoms with Crippen LogP contribution >= 0.6 is 0 Å². The monoisotopic (exact) mass is 256 g/mol. The van der Waals surface area contributed by atoms with Crippen LogP contribution in [0.5, 0.6) is 0 Å². The van der Waals surface area contributed by atoms with Crippen molar-refractivity contribution in [2.45, 2.75) is 50.6 Å². The van der Waals surface area contributed by atoms with E-state index in [0.717, 1.165) is 12.6 Å². The first-order valence-corrected chi connectivity index (χ1v) is 7.56. The average molecular weight is 256 g/mol. The van der Waals surface area contributed by atoms with Gasteiger partial charge in [-0.1, -0.05) is 12.8 Å². The first-order valence-electron chi connectivity index (χ1n) is 7.56. The lowest BCUT2D eigenvalue weighted by Gasteiger charge is -2.36. The Balaban J connectivity index is 1.53. The molecule has 1 aliphatic carbocycles. The Hall–Kier alpha value is -0.160. The molecule has 0 bridgehead atoms. The molecule has 0 aromatic heterocycles. The molecule has 1 aliphatic heterocycles. The van der Waals surface area contributed by atoms with Crippen molar-refractivity contribution in [3.63, 3.8) is 0 Å². The molecule has 0 aromatic carbocycles. The second kappa shape index (κ2) is 8.10. The maximum absolute atomic E-state index is 8.60. The van der Waals surface area contributed by atoms with E-state index in [2.05, 4.69) is 10.2 Å². The Morgan fingerprint density at radius 3 is 2.44 bits per heavy atom. The fourth-order valence-corrected chi connectivity index (χ4v) is 3.24. The number of hydrogen-bond acceptors (Lipinski definition) is 4. The average Bonchev–Trinajstić information content (AvgIpc) is 2.93. The highest BCUT2D eigenvalue weighted by molar-refractivity contribution is 4.84. The Bertz CT molecular complexity index is 212. The van der Waals surface area contributed by atoms with Gasteiger partial charge in [0.2, 0.25) is 0 Å². The molecule has 2 aliphatic rings. The fourth-order valence-electron chi connectivity index (χ4n) is 3.24. The minimum atomic E-state index is 0.125. The van der Waals surface area contributed by atoms with Crippen LogP contribution in [0.2, 0.25) is 0 Å². The van der Waals surface area contributed by atoms with Gasteiger partial charge in [-0.05, 0) is 38.8 Å². The Morgan fingerprint density at radius 2 is 1.78 bits per heavy atom. The first kappa shape index (κ1) is 14.3. The van der Waals surface area contributed by atoms with Crippen LogP contribution in [-0.2, 0) is 4.74 Å². The number of aliphatic hydroxyl groups is 1. The van der Waals surface area contributed by atoms with Crippen LogP contribution in [0.1, 0.15) is 38.5 Å². The summed E-state index contributed by atoms with van der Waals surface area (Å²) in [6.45, 7) is 4.73. The predicted molar refractivity (Wildman–Crippen MR) is 72.8 cm³/mol. The lowest BCUT2D eigenvalue weighted by Crippen LogP contribution is -2.46. The lowest BCUT2D eigenvalue weighted by atomic mass is 10.0. The summed E-state index contributed by atoms with van der Waals surface area (Å²) in [5, 5.41) is 12.2. The van der Waals surface area contributed by atoms with E-state index in [1.54, 1.807) is 0 Å². The molecule has 0 unspecified atom stereocenters. The summed E-state index contributed by atoms with van der Waals surface area (Å²) in [7, 11) is 0. The van der Waals surface area contributed by atoms with Gasteiger partial charge in [0.1, 0.15) is 0 Å². The normalized spacial score (nSPS) is 23.8. The molecule has 0 amide bonds. The molecule has 0 aromatic rings. The zero-order chi connectivity index (χ0) is 12.6. The summed E-state index contributed by atoms with van der Waals surface area (Å²) in [5.41, 5.74) is 0. The van der Waals surface area contributed by atoms with Gasteiger partial charge in [0.15, 0.2) is 0 Å². The number of ether oxygens (including phenoxy) is 1. The fraction of sp³-hybridized carbons (Fsp3) is 1.00. The van der Waals surface area contributed by atoms with Crippen molar-refractivity contribution in [3.05, 3.63) is 0 Å². The molecule has 4 heteroatoms. The summed E-state index contributed by atoms with van der Waals surface area (Å²) in [4.78, 5) is 2.70. The van der Waals surface area contributed by atoms with E-state index < -0.39 is 0 Å². The number of likely N-dealkylation sites (tertiary alicyclic amines) is 1. The van der Waals surface area contributed by atoms with Gasteiger partial charge in [-0.3, -0.25) is 0 Å². The number of nitrogens with one attached hydrogen (secondary N) is 1. The number of rotatable bonds is 7. The van der Waals surface area contributed by atoms with Crippen LogP contribution in [0.25, 0.3) is 0 Å². The third-order valence-corrected chi connectivity index (χ3v) is 4.29. The van der Waals surface area contributed by atoms with Gasteiger partial charge in [-0.25, -0.2) is 0 Å². The molecule has 1 heterocycles. The van der Waals surface area contributed by atoms with Crippen molar-refractivity contribution in [1.82, 2.24) is 10.2 Å². The molecule has 0 radical (unpaired) electrons. The molecular weight excluding hydrogens is 228 g/mol.